The molecule has 0 spiro atoms. The first-order chi connectivity index (χ1) is 16.6. The minimum Gasteiger partial charge on any atom is -0.454 e. The normalized spacial score (nSPS) is 13.3. The van der Waals surface area contributed by atoms with Crippen molar-refractivity contribution in [2.75, 3.05) is 12.1 Å². The molecule has 1 aromatic heterocycles. The molecule has 0 radical (unpaired) electrons. The van der Waals surface area contributed by atoms with Crippen molar-refractivity contribution in [3.05, 3.63) is 71.8 Å². The first-order valence-corrected chi connectivity index (χ1v) is 12.3. The third-order valence-electron chi connectivity index (χ3n) is 6.44. The van der Waals surface area contributed by atoms with E-state index in [4.69, 9.17) is 9.47 Å². The van der Waals surface area contributed by atoms with Gasteiger partial charge in [0.25, 0.3) is 0 Å². The zero-order chi connectivity index (χ0) is 23.9. The maximum absolute atomic E-state index is 13.5. The number of carbonyl (C=O) groups is 1. The predicted molar refractivity (Wildman–Crippen MR) is 135 cm³/mol. The van der Waals surface area contributed by atoms with Crippen LogP contribution in [-0.2, 0) is 11.3 Å². The van der Waals surface area contributed by atoms with Crippen LogP contribution in [0, 0.1) is 0 Å². The summed E-state index contributed by atoms with van der Waals surface area (Å²) in [6.07, 6.45) is 10.2. The van der Waals surface area contributed by atoms with Crippen molar-refractivity contribution < 1.29 is 14.3 Å². The van der Waals surface area contributed by atoms with Crippen LogP contribution < -0.4 is 14.8 Å². The number of imidazole rings is 1. The molecule has 34 heavy (non-hydrogen) atoms. The first-order valence-electron chi connectivity index (χ1n) is 12.3. The van der Waals surface area contributed by atoms with Crippen molar-refractivity contribution in [1.29, 1.82) is 0 Å². The Balaban J connectivity index is 1.57. The first kappa shape index (κ1) is 23.9. The number of benzene rings is 2. The number of nitrogens with one attached hydrogen (secondary N) is 1. The molecule has 6 heteroatoms. The van der Waals surface area contributed by atoms with Crippen molar-refractivity contribution in [3.63, 3.8) is 0 Å². The van der Waals surface area contributed by atoms with E-state index < -0.39 is 0 Å². The van der Waals surface area contributed by atoms with Gasteiger partial charge in [-0.1, -0.05) is 70.4 Å². The van der Waals surface area contributed by atoms with E-state index in [0.29, 0.717) is 18.9 Å². The number of para-hydroxylation sites is 2. The number of rotatable bonds is 11. The maximum Gasteiger partial charge on any atom is 0.231 e. The lowest BCUT2D eigenvalue weighted by atomic mass is 9.89. The van der Waals surface area contributed by atoms with E-state index in [0.717, 1.165) is 59.6 Å². The van der Waals surface area contributed by atoms with E-state index in [1.54, 1.807) is 12.5 Å². The minimum atomic E-state index is 0.0259. The summed E-state index contributed by atoms with van der Waals surface area (Å²) in [6.45, 7) is 7.41. The zero-order valence-electron chi connectivity index (χ0n) is 20.4. The Kier molecular flexibility index (Phi) is 7.88. The summed E-state index contributed by atoms with van der Waals surface area (Å²) in [4.78, 5) is 17.6. The van der Waals surface area contributed by atoms with Crippen LogP contribution in [0.5, 0.6) is 11.5 Å². The quantitative estimate of drug-likeness (QED) is 0.332. The number of unbranched alkanes of at least 4 members (excludes halogenated alkanes) is 2. The highest BCUT2D eigenvalue weighted by Crippen LogP contribution is 2.42. The topological polar surface area (TPSA) is 65.4 Å². The average Bonchev–Trinajstić information content (AvgIpc) is 3.51. The Morgan fingerprint density at radius 2 is 1.94 bits per heavy atom. The van der Waals surface area contributed by atoms with Crippen LogP contribution in [0.3, 0.4) is 0 Å². The smallest absolute Gasteiger partial charge is 0.231 e. The summed E-state index contributed by atoms with van der Waals surface area (Å²) in [5, 5.41) is 3.29. The van der Waals surface area contributed by atoms with E-state index in [2.05, 4.69) is 55.3 Å². The van der Waals surface area contributed by atoms with Crippen molar-refractivity contribution in [2.24, 2.45) is 0 Å². The lowest BCUT2D eigenvalue weighted by molar-refractivity contribution is -0.116. The Bertz CT molecular complexity index is 1090. The Morgan fingerprint density at radius 1 is 1.12 bits per heavy atom. The molecular weight excluding hydrogens is 426 g/mol. The van der Waals surface area contributed by atoms with Gasteiger partial charge in [-0.25, -0.2) is 4.98 Å². The lowest BCUT2D eigenvalue weighted by Gasteiger charge is -2.22. The number of fused-ring (bicyclic) bond motifs is 1. The number of anilines is 1. The minimum absolute atomic E-state index is 0.0259. The van der Waals surface area contributed by atoms with Crippen LogP contribution in [0.1, 0.15) is 81.4 Å². The second-order valence-electron chi connectivity index (χ2n) is 9.30. The molecule has 2 aromatic carbocycles. The second kappa shape index (κ2) is 11.2. The number of aromatic nitrogens is 2. The van der Waals surface area contributed by atoms with Gasteiger partial charge >= 0.3 is 0 Å². The zero-order valence-corrected chi connectivity index (χ0v) is 20.4. The number of amides is 1. The van der Waals surface area contributed by atoms with E-state index in [1.807, 2.05) is 22.9 Å². The van der Waals surface area contributed by atoms with Gasteiger partial charge in [-0.15, -0.1) is 0 Å². The summed E-state index contributed by atoms with van der Waals surface area (Å²) < 4.78 is 13.4. The van der Waals surface area contributed by atoms with Gasteiger partial charge in [0.2, 0.25) is 12.7 Å². The second-order valence-corrected chi connectivity index (χ2v) is 9.30. The summed E-state index contributed by atoms with van der Waals surface area (Å²) in [7, 11) is 0. The molecule has 0 saturated carbocycles. The van der Waals surface area contributed by atoms with Crippen molar-refractivity contribution in [1.82, 2.24) is 9.55 Å². The van der Waals surface area contributed by atoms with Crippen LogP contribution in [0.15, 0.2) is 55.1 Å². The van der Waals surface area contributed by atoms with Crippen molar-refractivity contribution in [2.45, 2.75) is 71.3 Å². The van der Waals surface area contributed by atoms with Crippen LogP contribution in [0.2, 0.25) is 0 Å². The molecule has 180 valence electrons. The molecule has 0 aliphatic carbocycles. The molecule has 1 aliphatic heterocycles. The largest absolute Gasteiger partial charge is 0.454 e. The van der Waals surface area contributed by atoms with Gasteiger partial charge in [-0.05, 0) is 35.4 Å². The molecule has 4 rings (SSSR count). The van der Waals surface area contributed by atoms with Gasteiger partial charge in [0.15, 0.2) is 11.5 Å². The molecule has 2 heterocycles. The number of nitrogens with zero attached hydrogens (tertiary/aromatic N) is 2. The monoisotopic (exact) mass is 461 g/mol. The molecule has 6 nitrogen and oxygen atoms in total. The Labute approximate surface area is 202 Å². The Morgan fingerprint density at radius 3 is 2.71 bits per heavy atom. The maximum atomic E-state index is 13.5. The van der Waals surface area contributed by atoms with E-state index in [9.17, 15) is 4.79 Å². The molecule has 1 atom stereocenters. The Hall–Kier alpha value is -3.28. The van der Waals surface area contributed by atoms with E-state index in [-0.39, 0.29) is 18.6 Å². The van der Waals surface area contributed by atoms with E-state index >= 15 is 0 Å². The molecule has 1 amide bonds. The SMILES string of the molecule is CCCCCC(CC(=O)Nc1c(Cn2ccnc2)cccc1C(C)C)c1cccc2c1OCO2. The third kappa shape index (κ3) is 5.61. The molecule has 0 fully saturated rings. The molecule has 3 aromatic rings. The summed E-state index contributed by atoms with van der Waals surface area (Å²) in [6, 6.07) is 12.2. The van der Waals surface area contributed by atoms with Crippen LogP contribution in [0.25, 0.3) is 0 Å². The fraction of sp³-hybridized carbons (Fsp3) is 0.429. The van der Waals surface area contributed by atoms with Crippen LogP contribution in [0.4, 0.5) is 5.69 Å². The van der Waals surface area contributed by atoms with Gasteiger partial charge in [-0.3, -0.25) is 4.79 Å². The number of carbonyl (C=O) groups excluding carboxylic acids is 1. The van der Waals surface area contributed by atoms with Gasteiger partial charge in [0, 0.05) is 30.1 Å². The lowest BCUT2D eigenvalue weighted by Crippen LogP contribution is -2.19. The van der Waals surface area contributed by atoms with Gasteiger partial charge in [0.1, 0.15) is 0 Å². The molecule has 1 N–H and O–H groups in total. The van der Waals surface area contributed by atoms with E-state index in [1.165, 1.54) is 0 Å². The summed E-state index contributed by atoms with van der Waals surface area (Å²) in [5.74, 6) is 1.96. The highest BCUT2D eigenvalue weighted by molar-refractivity contribution is 5.93. The number of ether oxygens (including phenoxy) is 2. The molecule has 0 saturated heterocycles. The molecular formula is C28H35N3O3. The van der Waals surface area contributed by atoms with Crippen molar-refractivity contribution in [3.8, 4) is 11.5 Å². The standard InChI is InChI=1S/C28H35N3O3/c1-4-5-6-9-21(24-12-8-13-25-28(24)34-19-33-25)16-26(32)30-27-22(17-31-15-14-29-18-31)10-7-11-23(27)20(2)3/h7-8,10-15,18,20-21H,4-6,9,16-17,19H2,1-3H3,(H,30,32). The molecule has 0 bridgehead atoms. The fourth-order valence-electron chi connectivity index (χ4n) is 4.66. The third-order valence-corrected chi connectivity index (χ3v) is 6.44. The summed E-state index contributed by atoms with van der Waals surface area (Å²) in [5.41, 5.74) is 4.21. The fourth-order valence-corrected chi connectivity index (χ4v) is 4.66. The molecule has 1 unspecified atom stereocenters. The van der Waals surface area contributed by atoms with Crippen LogP contribution in [-0.4, -0.2) is 22.3 Å². The predicted octanol–water partition coefficient (Wildman–Crippen LogP) is 6.48. The highest BCUT2D eigenvalue weighted by Gasteiger charge is 2.25. The van der Waals surface area contributed by atoms with Gasteiger partial charge in [-0.2, -0.15) is 0 Å². The number of hydrogen-bond acceptors (Lipinski definition) is 4. The van der Waals surface area contributed by atoms with Crippen molar-refractivity contribution >= 4 is 11.6 Å². The average molecular weight is 462 g/mol. The van der Waals surface area contributed by atoms with Gasteiger partial charge in [0.05, 0.1) is 12.9 Å². The summed E-state index contributed by atoms with van der Waals surface area (Å²) >= 11 is 0. The van der Waals surface area contributed by atoms with Crippen LogP contribution >= 0.6 is 0 Å². The number of hydrogen-bond donors (Lipinski definition) is 1. The highest BCUT2D eigenvalue weighted by atomic mass is 16.7. The molecule has 1 aliphatic rings. The van der Waals surface area contributed by atoms with Gasteiger partial charge < -0.3 is 19.4 Å².